The molecule has 1 spiro atoms. The third kappa shape index (κ3) is 20.8. The maximum Gasteiger partial charge on any atom is 0.393 e. The van der Waals surface area contributed by atoms with Crippen molar-refractivity contribution >= 4 is 82.5 Å². The topological polar surface area (TPSA) is 289 Å². The van der Waals surface area contributed by atoms with E-state index in [1.807, 2.05) is 27.7 Å². The molecule has 9 fully saturated rings. The molecule has 4 aliphatic carbocycles. The van der Waals surface area contributed by atoms with Gasteiger partial charge in [0.25, 0.3) is 0 Å². The second-order valence-corrected chi connectivity index (χ2v) is 34.6. The Hall–Kier alpha value is -6.57. The van der Waals surface area contributed by atoms with Crippen LogP contribution in [-0.4, -0.2) is 293 Å². The molecule has 0 radical (unpaired) electrons. The summed E-state index contributed by atoms with van der Waals surface area (Å²) in [4.78, 5) is 196. The van der Waals surface area contributed by atoms with Crippen LogP contribution in [0.15, 0.2) is 0 Å². The van der Waals surface area contributed by atoms with Crippen molar-refractivity contribution in [3.8, 4) is 0 Å². The summed E-state index contributed by atoms with van der Waals surface area (Å²) in [5.41, 5.74) is -1.64. The van der Waals surface area contributed by atoms with Crippen molar-refractivity contribution in [2.45, 2.75) is 279 Å². The van der Waals surface area contributed by atoms with E-state index in [9.17, 15) is 31.1 Å². The fourth-order valence-electron chi connectivity index (χ4n) is 18.6. The SMILES string of the molecule is CCO[C@@H]1C[C@H]2C(=O)NC3(CCC3)C(=O)N(C)[C@@H](C3CCCC3)C(=O)N(C)[C@H](C(=O)N3CCOCC3)CC(=O)N(C)[C@@H](CC(C)C)C(=O)N[C@@H]([C@@H](C)CC)C(=O)N3CC[C@H]3C(=O)N(C)[C@H]3CC[C@@H](C)CN(C3=O)[C@@H](CC3CCC(C(F)(F)F)CC3)C(=O)N(C)CC(=O)N[C@@H](CCC3CCC(C(F)(F)F)C(Cl)C3)C(=O)N2C1. The number of fused-ring (bicyclic) bond motifs is 4. The average Bonchev–Trinajstić information content (AvgIpc) is 1.69. The fourth-order valence-corrected chi connectivity index (χ4v) is 19.1. The number of rotatable bonds is 13. The van der Waals surface area contributed by atoms with E-state index < -0.39 is 203 Å². The van der Waals surface area contributed by atoms with Crippen LogP contribution in [0.1, 0.15) is 196 Å². The monoisotopic (exact) mass is 1600 g/mol. The van der Waals surface area contributed by atoms with Gasteiger partial charge in [0.15, 0.2) is 0 Å². The average molecular weight is 1600 g/mol. The summed E-state index contributed by atoms with van der Waals surface area (Å²) in [7, 11) is 7.02. The molecule has 111 heavy (non-hydrogen) atoms. The van der Waals surface area contributed by atoms with E-state index >= 15 is 52.7 Å². The van der Waals surface area contributed by atoms with Crippen molar-refractivity contribution in [1.82, 2.24) is 60.0 Å². The molecular formula is C78H121ClF6N12O14. The van der Waals surface area contributed by atoms with Crippen LogP contribution in [0.2, 0.25) is 0 Å². The van der Waals surface area contributed by atoms with Gasteiger partial charge in [0.05, 0.1) is 44.1 Å². The van der Waals surface area contributed by atoms with Crippen LogP contribution in [-0.2, 0) is 67.0 Å². The number of alkyl halides is 7. The van der Waals surface area contributed by atoms with Gasteiger partial charge in [-0.05, 0) is 164 Å². The normalized spacial score (nSPS) is 33.1. The number of ether oxygens (including phenoxy) is 2. The number of carbonyl (C=O) groups excluding carboxylic acids is 12. The highest BCUT2D eigenvalue weighted by molar-refractivity contribution is 6.21. The quantitative estimate of drug-likeness (QED) is 0.128. The lowest BCUT2D eigenvalue weighted by Crippen LogP contribution is -2.68. The Kier molecular flexibility index (Phi) is 30.1. The largest absolute Gasteiger partial charge is 0.393 e. The van der Waals surface area contributed by atoms with E-state index in [0.29, 0.717) is 44.9 Å². The van der Waals surface area contributed by atoms with Gasteiger partial charge in [-0.3, -0.25) is 57.5 Å². The fraction of sp³-hybridized carbons (Fsp3) is 0.846. The van der Waals surface area contributed by atoms with Crippen LogP contribution >= 0.6 is 11.6 Å². The van der Waals surface area contributed by atoms with Crippen LogP contribution in [0.5, 0.6) is 0 Å². The number of carbonyl (C=O) groups is 12. The van der Waals surface area contributed by atoms with Crippen molar-refractivity contribution in [3.05, 3.63) is 0 Å². The van der Waals surface area contributed by atoms with E-state index in [0.717, 1.165) is 4.90 Å². The standard InChI is InChI=1S/C78H121ClF6N12O14/c1-12-47(6)64-73(107)95-32-29-57(95)70(104)91(9)56-28-19-46(5)42-96(72(56)106)61(39-49-20-24-51(25-21-49)77(80,81)82)69(103)89(7)44-62(98)86-55(27-23-48-22-26-53(54(79)38-48)78(83,84)85)68(102)97-43-52(111-13-2)40-59(97)67(101)88-76(30-16-31-76)75(109)93(11)65(50-17-14-15-18-50)74(108)92(10)60(71(105)94-33-35-110-36-34-94)41-63(99)90(8)58(37-45(3)4)66(100)87-64/h45-61,64-65H,12-44H2,1-11H3,(H,86,98)(H,87,100)(H,88,101)/t46-,47+,48?,49?,51?,52-,53?,54?,55+,56+,57+,58+,59+,60+,61+,64+,65+/m1/s1. The first-order valence-electron chi connectivity index (χ1n) is 40.7. The van der Waals surface area contributed by atoms with Gasteiger partial charge in [-0.2, -0.15) is 26.3 Å². The molecule has 0 aromatic carbocycles. The minimum Gasteiger partial charge on any atom is -0.378 e. The molecular weight excluding hydrogens is 1480 g/mol. The Morgan fingerprint density at radius 2 is 1.28 bits per heavy atom. The van der Waals surface area contributed by atoms with Gasteiger partial charge < -0.3 is 69.5 Å². The van der Waals surface area contributed by atoms with E-state index in [2.05, 4.69) is 16.0 Å². The maximum absolute atomic E-state index is 15.8. The Morgan fingerprint density at radius 1 is 0.622 bits per heavy atom. The lowest BCUT2D eigenvalue weighted by molar-refractivity contribution is -0.184. The first-order chi connectivity index (χ1) is 52.3. The van der Waals surface area contributed by atoms with Gasteiger partial charge in [0, 0.05) is 86.4 Å². The molecule has 3 unspecified atom stereocenters. The lowest BCUT2D eigenvalue weighted by atomic mass is 9.74. The summed E-state index contributed by atoms with van der Waals surface area (Å²) in [5.74, 6) is -14.3. The molecule has 12 amide bonds. The van der Waals surface area contributed by atoms with Gasteiger partial charge in [0.1, 0.15) is 59.9 Å². The number of hydrogen-bond acceptors (Lipinski definition) is 14. The molecule has 0 aromatic heterocycles. The Balaban J connectivity index is 1.11. The van der Waals surface area contributed by atoms with Crippen molar-refractivity contribution in [3.63, 3.8) is 0 Å². The molecule has 0 aromatic rings. The molecule has 2 bridgehead atoms. The summed E-state index contributed by atoms with van der Waals surface area (Å²) < 4.78 is 96.8. The van der Waals surface area contributed by atoms with Gasteiger partial charge in [-0.15, -0.1) is 11.6 Å². The van der Waals surface area contributed by atoms with Crippen molar-refractivity contribution in [2.75, 3.05) is 94.3 Å². The lowest BCUT2D eigenvalue weighted by Gasteiger charge is -2.47. The van der Waals surface area contributed by atoms with Crippen LogP contribution in [0.3, 0.4) is 0 Å². The highest BCUT2D eigenvalue weighted by atomic mass is 35.5. The van der Waals surface area contributed by atoms with Gasteiger partial charge in [0.2, 0.25) is 70.9 Å². The number of likely N-dealkylation sites (N-methyl/N-ethyl adjacent to an activating group) is 5. The summed E-state index contributed by atoms with van der Waals surface area (Å²) in [6, 6.07) is -11.8. The first-order valence-corrected chi connectivity index (χ1v) is 41.1. The summed E-state index contributed by atoms with van der Waals surface area (Å²) in [6.07, 6.45) is -7.25. The van der Waals surface area contributed by atoms with E-state index in [1.165, 1.54) is 74.4 Å². The van der Waals surface area contributed by atoms with Crippen molar-refractivity contribution in [2.24, 2.45) is 47.3 Å². The third-order valence-electron chi connectivity index (χ3n) is 26.0. The van der Waals surface area contributed by atoms with Crippen LogP contribution < -0.4 is 16.0 Å². The molecule has 3 N–H and O–H groups in total. The van der Waals surface area contributed by atoms with Crippen LogP contribution in [0.4, 0.5) is 26.3 Å². The molecule has 5 heterocycles. The van der Waals surface area contributed by atoms with E-state index in [1.54, 1.807) is 13.8 Å². The second kappa shape index (κ2) is 37.8. The predicted octanol–water partition coefficient (Wildman–Crippen LogP) is 6.67. The number of morpholine rings is 1. The zero-order valence-corrected chi connectivity index (χ0v) is 67.4. The molecule has 5 aliphatic heterocycles. The molecule has 33 heteroatoms. The van der Waals surface area contributed by atoms with E-state index in [4.69, 9.17) is 21.1 Å². The molecule has 5 saturated heterocycles. The van der Waals surface area contributed by atoms with Crippen LogP contribution in [0, 0.1) is 47.3 Å². The number of halogens is 7. The molecule has 15 atom stereocenters. The highest BCUT2D eigenvalue weighted by Gasteiger charge is 2.56. The molecule has 626 valence electrons. The van der Waals surface area contributed by atoms with Crippen molar-refractivity contribution < 1.29 is 93.4 Å². The Labute approximate surface area is 654 Å². The zero-order chi connectivity index (χ0) is 81.5. The summed E-state index contributed by atoms with van der Waals surface area (Å²) in [6.45, 7) is 10.7. The molecule has 26 nitrogen and oxygen atoms in total. The van der Waals surface area contributed by atoms with Crippen LogP contribution in [0.25, 0.3) is 0 Å². The number of nitrogens with one attached hydrogen (secondary N) is 3. The predicted molar refractivity (Wildman–Crippen MR) is 397 cm³/mol. The van der Waals surface area contributed by atoms with Crippen molar-refractivity contribution in [1.29, 1.82) is 0 Å². The van der Waals surface area contributed by atoms with E-state index in [-0.39, 0.29) is 167 Å². The summed E-state index contributed by atoms with van der Waals surface area (Å²) in [5, 5.41) is 7.46. The molecule has 9 rings (SSSR count). The smallest absolute Gasteiger partial charge is 0.378 e. The Morgan fingerprint density at radius 3 is 1.86 bits per heavy atom. The second-order valence-electron chi connectivity index (χ2n) is 34.0. The first kappa shape index (κ1) is 88.4. The Bertz CT molecular complexity index is 3330. The van der Waals surface area contributed by atoms with Gasteiger partial charge in [-0.25, -0.2) is 0 Å². The molecule has 4 saturated carbocycles. The minimum absolute atomic E-state index is 0.0383. The number of amides is 12. The maximum atomic E-state index is 15.8. The zero-order valence-electron chi connectivity index (χ0n) is 66.7. The highest BCUT2D eigenvalue weighted by Crippen LogP contribution is 2.46. The third-order valence-corrected chi connectivity index (χ3v) is 26.5. The summed E-state index contributed by atoms with van der Waals surface area (Å²) >= 11 is 6.45. The van der Waals surface area contributed by atoms with Gasteiger partial charge in [-0.1, -0.05) is 53.9 Å². The number of hydrogen-bond donors (Lipinski definition) is 3. The number of nitrogens with zero attached hydrogens (tertiary/aromatic N) is 9. The minimum atomic E-state index is -4.57. The van der Waals surface area contributed by atoms with Gasteiger partial charge >= 0.3 is 12.4 Å². The molecule has 9 aliphatic rings.